The molecule has 6 heteroatoms. The van der Waals surface area contributed by atoms with E-state index < -0.39 is 0 Å². The van der Waals surface area contributed by atoms with Gasteiger partial charge in [0.25, 0.3) is 0 Å². The molecule has 0 spiro atoms. The van der Waals surface area contributed by atoms with Crippen molar-refractivity contribution < 1.29 is 0 Å². The quantitative estimate of drug-likeness (QED) is 0.743. The molecule has 0 aliphatic rings. The molecule has 0 aromatic carbocycles. The summed E-state index contributed by atoms with van der Waals surface area (Å²) in [6.07, 6.45) is 1.48. The minimum absolute atomic E-state index is 0.125. The van der Waals surface area contributed by atoms with Crippen molar-refractivity contribution in [3.8, 4) is 0 Å². The van der Waals surface area contributed by atoms with Crippen LogP contribution in [0, 0.1) is 0 Å². The molecular formula is C6H6Cl3N3. The first-order chi connectivity index (χ1) is 5.72. The fraction of sp³-hybridized carbons (Fsp3) is 0.500. The first-order valence-electron chi connectivity index (χ1n) is 3.34. The third kappa shape index (κ3) is 3.09. The first kappa shape index (κ1) is 9.96. The lowest BCUT2D eigenvalue weighted by molar-refractivity contribution is 0.820. The summed E-state index contributed by atoms with van der Waals surface area (Å²) in [6, 6.07) is 0. The molecule has 0 amide bonds. The average Bonchev–Trinajstić information content (AvgIpc) is 1.99. The maximum atomic E-state index is 5.55. The van der Waals surface area contributed by atoms with Gasteiger partial charge in [-0.1, -0.05) is 0 Å². The molecule has 1 heterocycles. The zero-order valence-electron chi connectivity index (χ0n) is 6.10. The van der Waals surface area contributed by atoms with Crippen molar-refractivity contribution in [2.24, 2.45) is 0 Å². The Kier molecular flexibility index (Phi) is 3.98. The Morgan fingerprint density at radius 2 is 1.58 bits per heavy atom. The van der Waals surface area contributed by atoms with Gasteiger partial charge in [0.2, 0.25) is 10.6 Å². The lowest BCUT2D eigenvalue weighted by Gasteiger charge is -1.97. The van der Waals surface area contributed by atoms with Gasteiger partial charge in [-0.05, 0) is 29.6 Å². The van der Waals surface area contributed by atoms with Crippen molar-refractivity contribution in [3.63, 3.8) is 0 Å². The van der Waals surface area contributed by atoms with E-state index in [4.69, 9.17) is 34.8 Å². The largest absolute Gasteiger partial charge is 0.226 e. The highest BCUT2D eigenvalue weighted by Crippen LogP contribution is 2.07. The molecule has 0 bridgehead atoms. The van der Waals surface area contributed by atoms with Crippen LogP contribution in [0.3, 0.4) is 0 Å². The molecule has 1 aromatic heterocycles. The van der Waals surface area contributed by atoms with Crippen molar-refractivity contribution in [1.82, 2.24) is 15.0 Å². The topological polar surface area (TPSA) is 38.7 Å². The van der Waals surface area contributed by atoms with Crippen LogP contribution in [0.4, 0.5) is 0 Å². The molecule has 0 saturated carbocycles. The number of aryl methyl sites for hydroxylation is 1. The fourth-order valence-electron chi connectivity index (χ4n) is 0.701. The second kappa shape index (κ2) is 4.80. The van der Waals surface area contributed by atoms with Gasteiger partial charge in [0, 0.05) is 12.3 Å². The van der Waals surface area contributed by atoms with Crippen LogP contribution in [-0.2, 0) is 6.42 Å². The van der Waals surface area contributed by atoms with Gasteiger partial charge >= 0.3 is 0 Å². The van der Waals surface area contributed by atoms with Gasteiger partial charge < -0.3 is 0 Å². The molecule has 3 nitrogen and oxygen atoms in total. The summed E-state index contributed by atoms with van der Waals surface area (Å²) in [7, 11) is 0. The molecule has 66 valence electrons. The third-order valence-corrected chi connectivity index (χ3v) is 1.77. The fourth-order valence-corrected chi connectivity index (χ4v) is 1.23. The number of halogens is 3. The molecule has 0 aliphatic carbocycles. The summed E-state index contributed by atoms with van der Waals surface area (Å²) < 4.78 is 0. The monoisotopic (exact) mass is 225 g/mol. The zero-order valence-corrected chi connectivity index (χ0v) is 8.36. The Labute approximate surface area is 85.1 Å². The summed E-state index contributed by atoms with van der Waals surface area (Å²) in [5, 5.41) is 0.249. The molecule has 0 atom stereocenters. The predicted octanol–water partition coefficient (Wildman–Crippen LogP) is 2.35. The van der Waals surface area contributed by atoms with E-state index in [0.717, 1.165) is 6.42 Å². The van der Waals surface area contributed by atoms with Crippen LogP contribution in [0.1, 0.15) is 12.2 Å². The van der Waals surface area contributed by atoms with Gasteiger partial charge in [0.15, 0.2) is 0 Å². The maximum absolute atomic E-state index is 5.55. The van der Waals surface area contributed by atoms with Crippen LogP contribution in [0.15, 0.2) is 0 Å². The van der Waals surface area contributed by atoms with E-state index in [1.54, 1.807) is 0 Å². The summed E-state index contributed by atoms with van der Waals surface area (Å²) >= 11 is 16.6. The normalized spacial score (nSPS) is 10.2. The Morgan fingerprint density at radius 3 is 2.08 bits per heavy atom. The molecule has 0 unspecified atom stereocenters. The van der Waals surface area contributed by atoms with Crippen LogP contribution in [-0.4, -0.2) is 20.8 Å². The van der Waals surface area contributed by atoms with Gasteiger partial charge in [-0.15, -0.1) is 11.6 Å². The molecule has 0 radical (unpaired) electrons. The van der Waals surface area contributed by atoms with Gasteiger partial charge in [0.1, 0.15) is 5.82 Å². The van der Waals surface area contributed by atoms with E-state index in [9.17, 15) is 0 Å². The average molecular weight is 226 g/mol. The van der Waals surface area contributed by atoms with Crippen molar-refractivity contribution in [2.45, 2.75) is 12.8 Å². The molecule has 0 saturated heterocycles. The maximum Gasteiger partial charge on any atom is 0.226 e. The van der Waals surface area contributed by atoms with E-state index in [1.807, 2.05) is 0 Å². The molecule has 1 rings (SSSR count). The lowest BCUT2D eigenvalue weighted by Crippen LogP contribution is -1.98. The van der Waals surface area contributed by atoms with Crippen LogP contribution in [0.2, 0.25) is 10.6 Å². The predicted molar refractivity (Wildman–Crippen MR) is 48.9 cm³/mol. The molecule has 12 heavy (non-hydrogen) atoms. The molecule has 0 N–H and O–H groups in total. The third-order valence-electron chi connectivity index (χ3n) is 1.16. The van der Waals surface area contributed by atoms with Gasteiger partial charge in [-0.3, -0.25) is 0 Å². The van der Waals surface area contributed by atoms with Crippen molar-refractivity contribution in [3.05, 3.63) is 16.4 Å². The standard InChI is InChI=1S/C6H6Cl3N3/c7-3-1-2-4-10-5(8)12-6(9)11-4/h1-3H2. The number of hydrogen-bond acceptors (Lipinski definition) is 3. The molecular weight excluding hydrogens is 220 g/mol. The molecule has 1 aromatic rings. The number of nitrogens with zero attached hydrogens (tertiary/aromatic N) is 3. The Hall–Kier alpha value is -0.120. The van der Waals surface area contributed by atoms with Crippen molar-refractivity contribution in [2.75, 3.05) is 5.88 Å². The lowest BCUT2D eigenvalue weighted by atomic mass is 10.3. The minimum Gasteiger partial charge on any atom is -0.203 e. The number of aromatic nitrogens is 3. The minimum atomic E-state index is 0.125. The SMILES string of the molecule is ClCCCc1nc(Cl)nc(Cl)n1. The Balaban J connectivity index is 2.72. The number of alkyl halides is 1. The van der Waals surface area contributed by atoms with Gasteiger partial charge in [-0.25, -0.2) is 9.97 Å². The van der Waals surface area contributed by atoms with Crippen LogP contribution in [0.25, 0.3) is 0 Å². The zero-order chi connectivity index (χ0) is 8.97. The highest BCUT2D eigenvalue weighted by Gasteiger charge is 2.01. The summed E-state index contributed by atoms with van der Waals surface area (Å²) in [4.78, 5) is 11.4. The van der Waals surface area contributed by atoms with Crippen LogP contribution in [0.5, 0.6) is 0 Å². The van der Waals surface area contributed by atoms with E-state index in [1.165, 1.54) is 0 Å². The second-order valence-electron chi connectivity index (χ2n) is 2.08. The Morgan fingerprint density at radius 1 is 1.00 bits per heavy atom. The van der Waals surface area contributed by atoms with Crippen LogP contribution >= 0.6 is 34.8 Å². The van der Waals surface area contributed by atoms with E-state index >= 15 is 0 Å². The van der Waals surface area contributed by atoms with E-state index in [0.29, 0.717) is 18.1 Å². The molecule has 0 fully saturated rings. The second-order valence-corrected chi connectivity index (χ2v) is 3.14. The summed E-state index contributed by atoms with van der Waals surface area (Å²) in [6.45, 7) is 0. The van der Waals surface area contributed by atoms with E-state index in [-0.39, 0.29) is 10.6 Å². The van der Waals surface area contributed by atoms with Crippen molar-refractivity contribution >= 4 is 34.8 Å². The highest BCUT2D eigenvalue weighted by molar-refractivity contribution is 6.31. The summed E-state index contributed by atoms with van der Waals surface area (Å²) in [5.41, 5.74) is 0. The smallest absolute Gasteiger partial charge is 0.203 e. The summed E-state index contributed by atoms with van der Waals surface area (Å²) in [5.74, 6) is 1.15. The van der Waals surface area contributed by atoms with E-state index in [2.05, 4.69) is 15.0 Å². The van der Waals surface area contributed by atoms with Crippen molar-refractivity contribution in [1.29, 1.82) is 0 Å². The van der Waals surface area contributed by atoms with Gasteiger partial charge in [0.05, 0.1) is 0 Å². The highest BCUT2D eigenvalue weighted by atomic mass is 35.5. The molecule has 0 aliphatic heterocycles. The van der Waals surface area contributed by atoms with Gasteiger partial charge in [-0.2, -0.15) is 4.98 Å². The first-order valence-corrected chi connectivity index (χ1v) is 4.63. The Bertz CT molecular complexity index is 246. The van der Waals surface area contributed by atoms with Crippen LogP contribution < -0.4 is 0 Å². The number of rotatable bonds is 3. The number of hydrogen-bond donors (Lipinski definition) is 0.